The third-order valence-corrected chi connectivity index (χ3v) is 3.59. The lowest BCUT2D eigenvalue weighted by molar-refractivity contribution is 0.312. The van der Waals surface area contributed by atoms with Crippen LogP contribution >= 0.6 is 0 Å². The molecule has 6 heteroatoms. The Morgan fingerprint density at radius 1 is 1.53 bits per heavy atom. The largest absolute Gasteiger partial charge is 0.508 e. The Kier molecular flexibility index (Phi) is 3.26. The molecule has 1 aliphatic rings. The third kappa shape index (κ3) is 3.10. The van der Waals surface area contributed by atoms with Crippen molar-refractivity contribution in [2.24, 2.45) is 0 Å². The third-order valence-electron chi connectivity index (χ3n) is 2.64. The van der Waals surface area contributed by atoms with Crippen molar-refractivity contribution < 1.29 is 18.3 Å². The molecule has 1 aromatic rings. The quantitative estimate of drug-likeness (QED) is 0.819. The summed E-state index contributed by atoms with van der Waals surface area (Å²) in [5.41, 5.74) is 0.955. The summed E-state index contributed by atoms with van der Waals surface area (Å²) >= 11 is 0. The molecule has 1 aliphatic heterocycles. The topological polar surface area (TPSA) is 75.6 Å². The number of phenols is 1. The SMILES string of the molecule is CS(=O)(=O)CCNC1COc2cc(O)ccc21. The second-order valence-electron chi connectivity index (χ2n) is 4.17. The van der Waals surface area contributed by atoms with Crippen molar-refractivity contribution in [3.8, 4) is 11.5 Å². The number of hydrogen-bond acceptors (Lipinski definition) is 5. The molecular weight excluding hydrogens is 242 g/mol. The summed E-state index contributed by atoms with van der Waals surface area (Å²) in [7, 11) is -2.94. The highest BCUT2D eigenvalue weighted by Crippen LogP contribution is 2.34. The number of aromatic hydroxyl groups is 1. The van der Waals surface area contributed by atoms with E-state index in [-0.39, 0.29) is 17.5 Å². The average Bonchev–Trinajstić information content (AvgIpc) is 2.59. The van der Waals surface area contributed by atoms with Gasteiger partial charge in [0.25, 0.3) is 0 Å². The molecule has 5 nitrogen and oxygen atoms in total. The summed E-state index contributed by atoms with van der Waals surface area (Å²) in [6.07, 6.45) is 1.21. The van der Waals surface area contributed by atoms with Crippen molar-refractivity contribution in [3.05, 3.63) is 23.8 Å². The van der Waals surface area contributed by atoms with Crippen LogP contribution in [-0.4, -0.2) is 38.7 Å². The molecule has 2 rings (SSSR count). The highest BCUT2D eigenvalue weighted by atomic mass is 32.2. The fourth-order valence-electron chi connectivity index (χ4n) is 1.79. The fraction of sp³-hybridized carbons (Fsp3) is 0.455. The van der Waals surface area contributed by atoms with E-state index < -0.39 is 9.84 Å². The number of sulfone groups is 1. The summed E-state index contributed by atoms with van der Waals surface area (Å²) in [4.78, 5) is 0. The Labute approximate surface area is 100 Å². The Morgan fingerprint density at radius 2 is 2.29 bits per heavy atom. The summed E-state index contributed by atoms with van der Waals surface area (Å²) < 4.78 is 27.4. The van der Waals surface area contributed by atoms with E-state index in [0.717, 1.165) is 5.56 Å². The smallest absolute Gasteiger partial charge is 0.148 e. The van der Waals surface area contributed by atoms with Gasteiger partial charge in [-0.3, -0.25) is 0 Å². The van der Waals surface area contributed by atoms with Crippen molar-refractivity contribution in [1.29, 1.82) is 0 Å². The van der Waals surface area contributed by atoms with Gasteiger partial charge in [0.1, 0.15) is 27.9 Å². The summed E-state index contributed by atoms with van der Waals surface area (Å²) in [5, 5.41) is 12.4. The Morgan fingerprint density at radius 3 is 3.00 bits per heavy atom. The van der Waals surface area contributed by atoms with Crippen LogP contribution in [0.25, 0.3) is 0 Å². The van der Waals surface area contributed by atoms with Crippen molar-refractivity contribution >= 4 is 9.84 Å². The van der Waals surface area contributed by atoms with Crippen LogP contribution in [0, 0.1) is 0 Å². The van der Waals surface area contributed by atoms with Crippen LogP contribution in [0.1, 0.15) is 11.6 Å². The predicted octanol–water partition coefficient (Wildman–Crippen LogP) is 0.460. The molecule has 0 amide bonds. The first-order valence-corrected chi connectivity index (χ1v) is 7.38. The molecule has 1 unspecified atom stereocenters. The van der Waals surface area contributed by atoms with Crippen LogP contribution < -0.4 is 10.1 Å². The molecule has 0 aromatic heterocycles. The maximum Gasteiger partial charge on any atom is 0.148 e. The van der Waals surface area contributed by atoms with E-state index in [1.54, 1.807) is 18.2 Å². The molecule has 94 valence electrons. The highest BCUT2D eigenvalue weighted by Gasteiger charge is 2.23. The monoisotopic (exact) mass is 257 g/mol. The van der Waals surface area contributed by atoms with Crippen molar-refractivity contribution in [1.82, 2.24) is 5.32 Å². The zero-order chi connectivity index (χ0) is 12.5. The van der Waals surface area contributed by atoms with Gasteiger partial charge in [-0.1, -0.05) is 0 Å². The normalized spacial score (nSPS) is 18.8. The van der Waals surface area contributed by atoms with Crippen LogP contribution in [-0.2, 0) is 9.84 Å². The lowest BCUT2D eigenvalue weighted by Gasteiger charge is -2.10. The standard InChI is InChI=1S/C11H15NO4S/c1-17(14,15)5-4-12-10-7-16-11-6-8(13)2-3-9(10)11/h2-3,6,10,12-13H,4-5,7H2,1H3. The van der Waals surface area contributed by atoms with E-state index in [9.17, 15) is 13.5 Å². The average molecular weight is 257 g/mol. The molecule has 0 bridgehead atoms. The predicted molar refractivity (Wildman–Crippen MR) is 64.1 cm³/mol. The second-order valence-corrected chi connectivity index (χ2v) is 6.43. The van der Waals surface area contributed by atoms with Crippen LogP contribution in [0.3, 0.4) is 0 Å². The van der Waals surface area contributed by atoms with Crippen molar-refractivity contribution in [2.75, 3.05) is 25.2 Å². The van der Waals surface area contributed by atoms with Gasteiger partial charge in [0.2, 0.25) is 0 Å². The second kappa shape index (κ2) is 4.54. The van der Waals surface area contributed by atoms with Crippen LogP contribution in [0.4, 0.5) is 0 Å². The zero-order valence-electron chi connectivity index (χ0n) is 9.51. The summed E-state index contributed by atoms with van der Waals surface area (Å²) in [5.74, 6) is 0.930. The van der Waals surface area contributed by atoms with Gasteiger partial charge in [-0.05, 0) is 12.1 Å². The molecule has 1 aromatic carbocycles. The Balaban J connectivity index is 1.98. The molecule has 0 saturated heterocycles. The molecule has 0 saturated carbocycles. The molecule has 2 N–H and O–H groups in total. The first kappa shape index (κ1) is 12.2. The maximum atomic E-state index is 11.0. The summed E-state index contributed by atoms with van der Waals surface area (Å²) in [6.45, 7) is 0.857. The van der Waals surface area contributed by atoms with E-state index in [0.29, 0.717) is 18.9 Å². The number of rotatable bonds is 4. The number of ether oxygens (including phenoxy) is 1. The van der Waals surface area contributed by atoms with Crippen molar-refractivity contribution in [2.45, 2.75) is 6.04 Å². The van der Waals surface area contributed by atoms with E-state index in [1.165, 1.54) is 6.26 Å². The summed E-state index contributed by atoms with van der Waals surface area (Å²) in [6, 6.07) is 4.94. The molecule has 1 atom stereocenters. The minimum Gasteiger partial charge on any atom is -0.508 e. The van der Waals surface area contributed by atoms with Gasteiger partial charge in [0.05, 0.1) is 11.8 Å². The van der Waals surface area contributed by atoms with E-state index in [1.807, 2.05) is 0 Å². The number of hydrogen-bond donors (Lipinski definition) is 2. The molecule has 17 heavy (non-hydrogen) atoms. The van der Waals surface area contributed by atoms with Gasteiger partial charge in [-0.2, -0.15) is 0 Å². The highest BCUT2D eigenvalue weighted by molar-refractivity contribution is 7.90. The molecule has 0 aliphatic carbocycles. The van der Waals surface area contributed by atoms with E-state index in [4.69, 9.17) is 4.74 Å². The Bertz CT molecular complexity index is 512. The zero-order valence-corrected chi connectivity index (χ0v) is 10.3. The lowest BCUT2D eigenvalue weighted by atomic mass is 10.1. The Hall–Kier alpha value is -1.27. The molecular formula is C11H15NO4S. The van der Waals surface area contributed by atoms with Gasteiger partial charge in [0, 0.05) is 24.4 Å². The maximum absolute atomic E-state index is 11.0. The van der Waals surface area contributed by atoms with Crippen LogP contribution in [0.5, 0.6) is 11.5 Å². The minimum atomic E-state index is -2.94. The van der Waals surface area contributed by atoms with Gasteiger partial charge in [0.15, 0.2) is 0 Å². The molecule has 1 heterocycles. The van der Waals surface area contributed by atoms with Gasteiger partial charge < -0.3 is 15.2 Å². The van der Waals surface area contributed by atoms with Gasteiger partial charge in [-0.15, -0.1) is 0 Å². The van der Waals surface area contributed by atoms with Crippen molar-refractivity contribution in [3.63, 3.8) is 0 Å². The lowest BCUT2D eigenvalue weighted by Crippen LogP contribution is -2.27. The van der Waals surface area contributed by atoms with E-state index in [2.05, 4.69) is 5.32 Å². The number of nitrogens with one attached hydrogen (secondary N) is 1. The van der Waals surface area contributed by atoms with E-state index >= 15 is 0 Å². The first-order valence-electron chi connectivity index (χ1n) is 5.32. The minimum absolute atomic E-state index is 0.00708. The van der Waals surface area contributed by atoms with Crippen LogP contribution in [0.2, 0.25) is 0 Å². The fourth-order valence-corrected chi connectivity index (χ4v) is 2.27. The molecule has 0 spiro atoms. The molecule has 0 fully saturated rings. The first-order chi connectivity index (χ1) is 7.96. The number of fused-ring (bicyclic) bond motifs is 1. The number of benzene rings is 1. The number of phenolic OH excluding ortho intramolecular Hbond substituents is 1. The van der Waals surface area contributed by atoms with Gasteiger partial charge >= 0.3 is 0 Å². The van der Waals surface area contributed by atoms with Crippen LogP contribution in [0.15, 0.2) is 18.2 Å². The molecule has 0 radical (unpaired) electrons. The van der Waals surface area contributed by atoms with Gasteiger partial charge in [-0.25, -0.2) is 8.42 Å².